The van der Waals surface area contributed by atoms with Gasteiger partial charge in [-0.15, -0.1) is 0 Å². The summed E-state index contributed by atoms with van der Waals surface area (Å²) in [6.07, 6.45) is 1.88. The summed E-state index contributed by atoms with van der Waals surface area (Å²) >= 11 is 0. The van der Waals surface area contributed by atoms with Gasteiger partial charge in [0.05, 0.1) is 17.5 Å². The average molecular weight is 258 g/mol. The van der Waals surface area contributed by atoms with Crippen LogP contribution >= 0.6 is 0 Å². The van der Waals surface area contributed by atoms with Crippen molar-refractivity contribution in [3.8, 4) is 0 Å². The lowest BCUT2D eigenvalue weighted by atomic mass is 10.2. The van der Waals surface area contributed by atoms with Crippen molar-refractivity contribution in [2.75, 3.05) is 13.1 Å². The molecule has 0 amide bonds. The van der Waals surface area contributed by atoms with E-state index in [0.717, 1.165) is 13.1 Å². The van der Waals surface area contributed by atoms with Crippen LogP contribution in [0.3, 0.4) is 0 Å². The fourth-order valence-corrected chi connectivity index (χ4v) is 2.05. The summed E-state index contributed by atoms with van der Waals surface area (Å²) in [6, 6.07) is 6.34. The van der Waals surface area contributed by atoms with Crippen molar-refractivity contribution in [3.63, 3.8) is 0 Å². The number of allylic oxidation sites excluding steroid dienone is 1. The van der Waals surface area contributed by atoms with Crippen LogP contribution in [0.2, 0.25) is 0 Å². The molecule has 0 unspecified atom stereocenters. The molecule has 0 atom stereocenters. The fraction of sp³-hybridized carbons (Fsp3) is 0.400. The minimum Gasteiger partial charge on any atom is -0.370 e. The van der Waals surface area contributed by atoms with Gasteiger partial charge in [-0.1, -0.05) is 12.1 Å². The van der Waals surface area contributed by atoms with Crippen molar-refractivity contribution in [3.05, 3.63) is 41.4 Å². The summed E-state index contributed by atoms with van der Waals surface area (Å²) in [6.45, 7) is 8.43. The maximum Gasteiger partial charge on any atom is 0.0973 e. The zero-order valence-corrected chi connectivity index (χ0v) is 12.1. The van der Waals surface area contributed by atoms with Gasteiger partial charge in [-0.3, -0.25) is 4.68 Å². The first-order chi connectivity index (χ1) is 9.08. The maximum absolute atomic E-state index is 4.15. The van der Waals surface area contributed by atoms with Crippen LogP contribution in [0.15, 0.2) is 35.8 Å². The third-order valence-electron chi connectivity index (χ3n) is 3.13. The molecule has 0 aliphatic carbocycles. The number of aromatic nitrogens is 2. The number of rotatable bonds is 0. The van der Waals surface area contributed by atoms with Crippen LogP contribution in [-0.2, 0) is 7.05 Å². The number of hydrogen-bond donors (Lipinski definition) is 2. The molecule has 1 saturated heterocycles. The number of aryl methyl sites for hydroxylation is 2. The van der Waals surface area contributed by atoms with E-state index in [1.165, 1.54) is 27.9 Å². The van der Waals surface area contributed by atoms with Gasteiger partial charge in [0.2, 0.25) is 0 Å². The van der Waals surface area contributed by atoms with Crippen LogP contribution in [0.5, 0.6) is 0 Å². The Morgan fingerprint density at radius 1 is 1.21 bits per heavy atom. The van der Waals surface area contributed by atoms with Crippen molar-refractivity contribution >= 4 is 10.9 Å². The van der Waals surface area contributed by atoms with E-state index in [2.05, 4.69) is 54.7 Å². The Hall–Kier alpha value is -1.97. The highest BCUT2D eigenvalue weighted by atomic mass is 15.2. The molecule has 2 aromatic rings. The highest BCUT2D eigenvalue weighted by Crippen LogP contribution is 2.13. The third-order valence-corrected chi connectivity index (χ3v) is 3.13. The molecule has 0 spiro atoms. The minimum absolute atomic E-state index is 1.07. The topological polar surface area (TPSA) is 41.9 Å². The second-order valence-corrected chi connectivity index (χ2v) is 5.06. The Labute approximate surface area is 114 Å². The molecular formula is C15H22N4. The fourth-order valence-electron chi connectivity index (χ4n) is 2.05. The van der Waals surface area contributed by atoms with Crippen LogP contribution in [0.1, 0.15) is 19.4 Å². The van der Waals surface area contributed by atoms with Gasteiger partial charge in [-0.2, -0.15) is 5.10 Å². The first kappa shape index (κ1) is 13.5. The summed E-state index contributed by atoms with van der Waals surface area (Å²) in [5, 5.41) is 11.8. The normalized spacial score (nSPS) is 13.6. The average Bonchev–Trinajstić information content (AvgIpc) is 3.01. The predicted molar refractivity (Wildman–Crippen MR) is 79.8 cm³/mol. The summed E-state index contributed by atoms with van der Waals surface area (Å²) < 4.78 is 1.89. The second-order valence-electron chi connectivity index (χ2n) is 5.06. The van der Waals surface area contributed by atoms with Crippen molar-refractivity contribution in [2.24, 2.45) is 7.05 Å². The number of nitrogens with zero attached hydrogens (tertiary/aromatic N) is 2. The molecule has 1 aliphatic rings. The van der Waals surface area contributed by atoms with Gasteiger partial charge in [0.1, 0.15) is 0 Å². The highest BCUT2D eigenvalue weighted by molar-refractivity contribution is 5.79. The van der Waals surface area contributed by atoms with E-state index in [0.29, 0.717) is 0 Å². The van der Waals surface area contributed by atoms with Crippen LogP contribution < -0.4 is 10.6 Å². The monoisotopic (exact) mass is 258 g/mol. The molecule has 2 heterocycles. The van der Waals surface area contributed by atoms with Gasteiger partial charge >= 0.3 is 0 Å². The second kappa shape index (κ2) is 5.78. The molecular weight excluding hydrogens is 236 g/mol. The number of fused-ring (bicyclic) bond motifs is 1. The zero-order chi connectivity index (χ0) is 13.8. The van der Waals surface area contributed by atoms with Crippen LogP contribution in [0.25, 0.3) is 10.9 Å². The Bertz CT molecular complexity index is 583. The molecule has 102 valence electrons. The molecule has 0 bridgehead atoms. The van der Waals surface area contributed by atoms with Crippen LogP contribution in [0.4, 0.5) is 0 Å². The third kappa shape index (κ3) is 3.28. The molecule has 1 aromatic heterocycles. The van der Waals surface area contributed by atoms with Gasteiger partial charge in [-0.05, 0) is 38.0 Å². The molecule has 3 rings (SSSR count). The summed E-state index contributed by atoms with van der Waals surface area (Å²) in [4.78, 5) is 0. The maximum atomic E-state index is 4.15. The Morgan fingerprint density at radius 2 is 1.89 bits per heavy atom. The number of hydrogen-bond acceptors (Lipinski definition) is 3. The lowest BCUT2D eigenvalue weighted by molar-refractivity contribution is 0.796. The SMILES string of the molecule is CC(C)=C1NCCN1.Cc1ccc2cnn(C)c2c1. The molecule has 0 radical (unpaired) electrons. The van der Waals surface area contributed by atoms with Gasteiger partial charge < -0.3 is 10.6 Å². The molecule has 1 aromatic carbocycles. The Balaban J connectivity index is 0.000000148. The lowest BCUT2D eigenvalue weighted by Gasteiger charge is -1.99. The first-order valence-corrected chi connectivity index (χ1v) is 6.61. The lowest BCUT2D eigenvalue weighted by Crippen LogP contribution is -2.11. The van der Waals surface area contributed by atoms with Gasteiger partial charge in [0, 0.05) is 25.5 Å². The molecule has 19 heavy (non-hydrogen) atoms. The highest BCUT2D eigenvalue weighted by Gasteiger charge is 2.02. The smallest absolute Gasteiger partial charge is 0.0973 e. The number of benzene rings is 1. The first-order valence-electron chi connectivity index (χ1n) is 6.61. The van der Waals surface area contributed by atoms with Gasteiger partial charge in [0.15, 0.2) is 0 Å². The Morgan fingerprint density at radius 3 is 2.47 bits per heavy atom. The summed E-state index contributed by atoms with van der Waals surface area (Å²) in [7, 11) is 1.96. The molecule has 4 heteroatoms. The van der Waals surface area contributed by atoms with E-state index < -0.39 is 0 Å². The van der Waals surface area contributed by atoms with Crippen LogP contribution in [0, 0.1) is 6.92 Å². The van der Waals surface area contributed by atoms with Gasteiger partial charge in [0.25, 0.3) is 0 Å². The Kier molecular flexibility index (Phi) is 4.10. The van der Waals surface area contributed by atoms with Crippen molar-refractivity contribution in [2.45, 2.75) is 20.8 Å². The standard InChI is InChI=1S/C9H10N2.C6H12N2/c1-7-3-4-8-6-10-11(2)9(8)5-7;1-5(2)6-7-3-4-8-6/h3-6H,1-2H3;7-8H,3-4H2,1-2H3. The zero-order valence-electron chi connectivity index (χ0n) is 12.1. The summed E-state index contributed by atoms with van der Waals surface area (Å²) in [5.41, 5.74) is 3.81. The molecule has 2 N–H and O–H groups in total. The summed E-state index contributed by atoms with van der Waals surface area (Å²) in [5.74, 6) is 1.21. The molecule has 1 aliphatic heterocycles. The number of nitrogens with one attached hydrogen (secondary N) is 2. The molecule has 0 saturated carbocycles. The van der Waals surface area contributed by atoms with Crippen molar-refractivity contribution in [1.29, 1.82) is 0 Å². The van der Waals surface area contributed by atoms with E-state index >= 15 is 0 Å². The van der Waals surface area contributed by atoms with E-state index in [-0.39, 0.29) is 0 Å². The van der Waals surface area contributed by atoms with Crippen molar-refractivity contribution in [1.82, 2.24) is 20.4 Å². The van der Waals surface area contributed by atoms with E-state index in [1.54, 1.807) is 0 Å². The van der Waals surface area contributed by atoms with Crippen LogP contribution in [-0.4, -0.2) is 22.9 Å². The van der Waals surface area contributed by atoms with E-state index in [9.17, 15) is 0 Å². The molecule has 1 fully saturated rings. The van der Waals surface area contributed by atoms with E-state index in [4.69, 9.17) is 0 Å². The van der Waals surface area contributed by atoms with E-state index in [1.807, 2.05) is 17.9 Å². The quantitative estimate of drug-likeness (QED) is 0.762. The minimum atomic E-state index is 1.07. The molecule has 4 nitrogen and oxygen atoms in total. The largest absolute Gasteiger partial charge is 0.370 e. The van der Waals surface area contributed by atoms with Gasteiger partial charge in [-0.25, -0.2) is 0 Å². The van der Waals surface area contributed by atoms with Crippen molar-refractivity contribution < 1.29 is 0 Å². The predicted octanol–water partition coefficient (Wildman–Crippen LogP) is 2.31.